The molecule has 1 aromatic rings. The molecule has 1 atom stereocenters. The van der Waals surface area contributed by atoms with Gasteiger partial charge in [0.15, 0.2) is 5.41 Å². The summed E-state index contributed by atoms with van der Waals surface area (Å²) in [5.74, 6) is -1.31. The molecule has 4 rings (SSSR count). The summed E-state index contributed by atoms with van der Waals surface area (Å²) in [6, 6.07) is 5.55. The molecule has 1 aromatic carbocycles. The molecule has 9 nitrogen and oxygen atoms in total. The molecule has 0 aromatic heterocycles. The third-order valence-electron chi connectivity index (χ3n) is 5.69. The van der Waals surface area contributed by atoms with Crippen LogP contribution in [0.2, 0.25) is 0 Å². The van der Waals surface area contributed by atoms with Gasteiger partial charge in [-0.15, -0.1) is 0 Å². The van der Waals surface area contributed by atoms with Crippen LogP contribution in [-0.2, 0) is 15.0 Å². The van der Waals surface area contributed by atoms with Crippen LogP contribution in [0.25, 0.3) is 0 Å². The lowest BCUT2D eigenvalue weighted by atomic mass is 9.76. The highest BCUT2D eigenvalue weighted by Crippen LogP contribution is 2.50. The number of nitro groups is 1. The molecule has 1 spiro atoms. The largest absolute Gasteiger partial charge is 0.384 e. The molecule has 9 heteroatoms. The number of carbonyl (C=O) groups is 2. The first-order chi connectivity index (χ1) is 12.9. The van der Waals surface area contributed by atoms with E-state index in [1.807, 2.05) is 6.07 Å². The molecule has 2 aliphatic heterocycles. The van der Waals surface area contributed by atoms with Crippen molar-refractivity contribution in [2.24, 2.45) is 5.73 Å². The number of anilines is 1. The van der Waals surface area contributed by atoms with Crippen molar-refractivity contribution >= 4 is 23.2 Å². The number of non-ortho nitro benzene ring substituents is 1. The molecule has 0 saturated heterocycles. The number of nitrogens with zero attached hydrogens (tertiary/aromatic N) is 3. The molecule has 1 unspecified atom stereocenters. The Morgan fingerprint density at radius 3 is 2.63 bits per heavy atom. The van der Waals surface area contributed by atoms with Gasteiger partial charge in [-0.05, 0) is 18.9 Å². The zero-order valence-electron chi connectivity index (χ0n) is 14.4. The number of fused-ring (bicyclic) bond motifs is 2. The van der Waals surface area contributed by atoms with Crippen LogP contribution in [0.4, 0.5) is 11.4 Å². The van der Waals surface area contributed by atoms with Gasteiger partial charge >= 0.3 is 0 Å². The lowest BCUT2D eigenvalue weighted by Crippen LogP contribution is -2.49. The minimum atomic E-state index is -1.95. The van der Waals surface area contributed by atoms with E-state index < -0.39 is 22.2 Å². The maximum atomic E-state index is 13.5. The SMILES string of the molecule is N#CC1=C(N)N(C2CCCCC2)C(=O)C12C(=O)Nc1ccc([N+](=O)[O-])cc12. The minimum absolute atomic E-state index is 0.0242. The standard InChI is InChI=1S/C18H17N5O4/c19-9-13-15(20)22(10-4-2-1-3-5-10)17(25)18(13)12-8-11(23(26)27)6-7-14(12)21-16(18)24/h6-8,10H,1-5,20H2,(H,21,24). The maximum Gasteiger partial charge on any atom is 0.269 e. The molecular weight excluding hydrogens is 350 g/mol. The van der Waals surface area contributed by atoms with Crippen LogP contribution in [0.15, 0.2) is 29.6 Å². The van der Waals surface area contributed by atoms with E-state index in [2.05, 4.69) is 5.32 Å². The van der Waals surface area contributed by atoms with Crippen molar-refractivity contribution in [3.05, 3.63) is 45.3 Å². The van der Waals surface area contributed by atoms with Crippen LogP contribution in [-0.4, -0.2) is 27.7 Å². The van der Waals surface area contributed by atoms with Crippen molar-refractivity contribution in [2.75, 3.05) is 5.32 Å². The zero-order valence-corrected chi connectivity index (χ0v) is 14.4. The number of hydrogen-bond acceptors (Lipinski definition) is 6. The average Bonchev–Trinajstić information content (AvgIpc) is 3.07. The highest BCUT2D eigenvalue weighted by Gasteiger charge is 2.64. The van der Waals surface area contributed by atoms with Gasteiger partial charge in [0.25, 0.3) is 11.6 Å². The Morgan fingerprint density at radius 1 is 1.30 bits per heavy atom. The van der Waals surface area contributed by atoms with Gasteiger partial charge in [0.05, 0.1) is 10.5 Å². The van der Waals surface area contributed by atoms with Crippen LogP contribution in [0.3, 0.4) is 0 Å². The molecule has 138 valence electrons. The molecule has 27 heavy (non-hydrogen) atoms. The predicted molar refractivity (Wildman–Crippen MR) is 93.9 cm³/mol. The van der Waals surface area contributed by atoms with Gasteiger partial charge in [0.2, 0.25) is 5.91 Å². The fourth-order valence-corrected chi connectivity index (χ4v) is 4.42. The van der Waals surface area contributed by atoms with Gasteiger partial charge in [-0.2, -0.15) is 5.26 Å². The normalized spacial score (nSPS) is 24.9. The van der Waals surface area contributed by atoms with Gasteiger partial charge in [-0.1, -0.05) is 19.3 Å². The molecule has 1 aliphatic carbocycles. The molecule has 2 amide bonds. The van der Waals surface area contributed by atoms with Crippen molar-refractivity contribution in [1.82, 2.24) is 4.90 Å². The van der Waals surface area contributed by atoms with E-state index in [1.54, 1.807) is 0 Å². The monoisotopic (exact) mass is 367 g/mol. The number of benzene rings is 1. The van der Waals surface area contributed by atoms with E-state index in [9.17, 15) is 25.0 Å². The first-order valence-electron chi connectivity index (χ1n) is 8.77. The molecule has 3 N–H and O–H groups in total. The summed E-state index contributed by atoms with van der Waals surface area (Å²) in [5.41, 5.74) is 4.21. The van der Waals surface area contributed by atoms with Crippen LogP contribution in [0.1, 0.15) is 37.7 Å². The zero-order chi connectivity index (χ0) is 19.3. The second kappa shape index (κ2) is 5.81. The molecule has 0 bridgehead atoms. The number of nitriles is 1. The first-order valence-corrected chi connectivity index (χ1v) is 8.77. The summed E-state index contributed by atoms with van der Waals surface area (Å²) in [5, 5.41) is 23.5. The van der Waals surface area contributed by atoms with Crippen LogP contribution in [0, 0.1) is 21.4 Å². The molecule has 1 saturated carbocycles. The van der Waals surface area contributed by atoms with Crippen molar-refractivity contribution in [3.63, 3.8) is 0 Å². The number of nitro benzene ring substituents is 1. The van der Waals surface area contributed by atoms with Gasteiger partial charge < -0.3 is 11.1 Å². The van der Waals surface area contributed by atoms with Crippen molar-refractivity contribution in [2.45, 2.75) is 43.6 Å². The third-order valence-corrected chi connectivity index (χ3v) is 5.69. The third kappa shape index (κ3) is 2.10. The van der Waals surface area contributed by atoms with Gasteiger partial charge in [0, 0.05) is 29.4 Å². The Kier molecular flexibility index (Phi) is 3.66. The maximum absolute atomic E-state index is 13.5. The topological polar surface area (TPSA) is 142 Å². The van der Waals surface area contributed by atoms with Crippen molar-refractivity contribution < 1.29 is 14.5 Å². The summed E-state index contributed by atoms with van der Waals surface area (Å²) < 4.78 is 0. The van der Waals surface area contributed by atoms with E-state index in [0.717, 1.165) is 32.1 Å². The number of amides is 2. The number of rotatable bonds is 2. The predicted octanol–water partition coefficient (Wildman–Crippen LogP) is 1.65. The summed E-state index contributed by atoms with van der Waals surface area (Å²) in [7, 11) is 0. The lowest BCUT2D eigenvalue weighted by molar-refractivity contribution is -0.384. The second-order valence-electron chi connectivity index (χ2n) is 7.03. The van der Waals surface area contributed by atoms with Gasteiger partial charge in [-0.25, -0.2) is 0 Å². The Bertz CT molecular complexity index is 957. The van der Waals surface area contributed by atoms with Crippen molar-refractivity contribution in [3.8, 4) is 6.07 Å². The smallest absolute Gasteiger partial charge is 0.269 e. The van der Waals surface area contributed by atoms with E-state index >= 15 is 0 Å². The molecule has 3 aliphatic rings. The summed E-state index contributed by atoms with van der Waals surface area (Å²) in [6.45, 7) is 0. The van der Waals surface area contributed by atoms with E-state index in [0.29, 0.717) is 0 Å². The van der Waals surface area contributed by atoms with E-state index in [-0.39, 0.29) is 34.4 Å². The van der Waals surface area contributed by atoms with Crippen LogP contribution >= 0.6 is 0 Å². The number of carbonyl (C=O) groups excluding carboxylic acids is 2. The number of nitrogens with one attached hydrogen (secondary N) is 1. The Labute approximate surface area is 154 Å². The Morgan fingerprint density at radius 2 is 2.00 bits per heavy atom. The molecule has 2 heterocycles. The summed E-state index contributed by atoms with van der Waals surface area (Å²) >= 11 is 0. The first kappa shape index (κ1) is 17.0. The minimum Gasteiger partial charge on any atom is -0.384 e. The Hall–Kier alpha value is -3.41. The van der Waals surface area contributed by atoms with Crippen LogP contribution in [0.5, 0.6) is 0 Å². The number of hydrogen-bond donors (Lipinski definition) is 2. The second-order valence-corrected chi connectivity index (χ2v) is 7.03. The highest BCUT2D eigenvalue weighted by molar-refractivity contribution is 6.25. The van der Waals surface area contributed by atoms with Gasteiger partial charge in [-0.3, -0.25) is 24.6 Å². The summed E-state index contributed by atoms with van der Waals surface area (Å²) in [6.07, 6.45) is 4.42. The van der Waals surface area contributed by atoms with Crippen LogP contribution < -0.4 is 11.1 Å². The van der Waals surface area contributed by atoms with E-state index in [4.69, 9.17) is 5.73 Å². The fraction of sp³-hybridized carbons (Fsp3) is 0.389. The highest BCUT2D eigenvalue weighted by atomic mass is 16.6. The molecule has 1 fully saturated rings. The summed E-state index contributed by atoms with van der Waals surface area (Å²) in [4.78, 5) is 38.4. The quantitative estimate of drug-likeness (QED) is 0.462. The molecule has 0 radical (unpaired) electrons. The molecular formula is C18H17N5O4. The van der Waals surface area contributed by atoms with E-state index in [1.165, 1.54) is 23.1 Å². The average molecular weight is 367 g/mol. The van der Waals surface area contributed by atoms with Crippen molar-refractivity contribution in [1.29, 1.82) is 5.26 Å². The Balaban J connectivity index is 1.92. The number of nitrogens with two attached hydrogens (primary N) is 1. The lowest BCUT2D eigenvalue weighted by Gasteiger charge is -2.33. The van der Waals surface area contributed by atoms with Gasteiger partial charge in [0.1, 0.15) is 11.9 Å². The fourth-order valence-electron chi connectivity index (χ4n) is 4.42.